The topological polar surface area (TPSA) is 26.0 Å². The summed E-state index contributed by atoms with van der Waals surface area (Å²) in [6, 6.07) is 7.25. The maximum atomic E-state index is 6.42. The first kappa shape index (κ1) is 21.2. The summed E-state index contributed by atoms with van der Waals surface area (Å²) in [6.45, 7) is 25.1. The van der Waals surface area contributed by atoms with E-state index in [0.717, 1.165) is 6.42 Å². The van der Waals surface area contributed by atoms with Crippen molar-refractivity contribution in [2.45, 2.75) is 105 Å². The lowest BCUT2D eigenvalue weighted by Gasteiger charge is -2.37. The van der Waals surface area contributed by atoms with Gasteiger partial charge in [0.25, 0.3) is 0 Å². The van der Waals surface area contributed by atoms with Crippen LogP contribution in [0, 0.1) is 5.41 Å². The average Bonchev–Trinajstić information content (AvgIpc) is 2.31. The van der Waals surface area contributed by atoms with E-state index in [1.807, 2.05) is 0 Å². The van der Waals surface area contributed by atoms with Gasteiger partial charge in [-0.2, -0.15) is 0 Å². The molecule has 1 aromatic carbocycles. The minimum atomic E-state index is -0.169. The SMILES string of the molecule is CC(C)(N)CC(c1cc(C(C)(C)C)cc(C(C)(C)C)c1)C(C)(C)C. The van der Waals surface area contributed by atoms with Crippen molar-refractivity contribution in [1.82, 2.24) is 0 Å². The van der Waals surface area contributed by atoms with Crippen molar-refractivity contribution in [2.24, 2.45) is 11.1 Å². The number of benzene rings is 1. The largest absolute Gasteiger partial charge is 0.326 e. The number of hydrogen-bond donors (Lipinski definition) is 1. The second-order valence-corrected chi connectivity index (χ2v) is 11.5. The van der Waals surface area contributed by atoms with E-state index in [1.165, 1.54) is 16.7 Å². The monoisotopic (exact) mass is 331 g/mol. The Morgan fingerprint density at radius 2 is 1.08 bits per heavy atom. The van der Waals surface area contributed by atoms with Gasteiger partial charge in [-0.15, -0.1) is 0 Å². The smallest absolute Gasteiger partial charge is 0.0103 e. The molecule has 0 bridgehead atoms. The van der Waals surface area contributed by atoms with Crippen molar-refractivity contribution in [2.75, 3.05) is 0 Å². The molecule has 0 heterocycles. The highest BCUT2D eigenvalue weighted by Crippen LogP contribution is 2.42. The summed E-state index contributed by atoms with van der Waals surface area (Å²) in [5, 5.41) is 0. The van der Waals surface area contributed by atoms with Crippen LogP contribution in [0.3, 0.4) is 0 Å². The van der Waals surface area contributed by atoms with Crippen LogP contribution in [-0.4, -0.2) is 5.54 Å². The van der Waals surface area contributed by atoms with Crippen LogP contribution in [-0.2, 0) is 10.8 Å². The van der Waals surface area contributed by atoms with Crippen LogP contribution in [0.5, 0.6) is 0 Å². The van der Waals surface area contributed by atoms with E-state index in [4.69, 9.17) is 5.73 Å². The Hall–Kier alpha value is -0.820. The number of rotatable bonds is 3. The highest BCUT2D eigenvalue weighted by Gasteiger charge is 2.32. The molecule has 0 aliphatic rings. The van der Waals surface area contributed by atoms with Crippen molar-refractivity contribution in [3.63, 3.8) is 0 Å². The van der Waals surface area contributed by atoms with Gasteiger partial charge in [0.05, 0.1) is 0 Å². The molecule has 0 aliphatic carbocycles. The van der Waals surface area contributed by atoms with Crippen molar-refractivity contribution < 1.29 is 0 Å². The molecule has 0 fully saturated rings. The molecule has 1 aromatic rings. The zero-order chi connectivity index (χ0) is 19.1. The second-order valence-electron chi connectivity index (χ2n) is 11.5. The Labute approximate surface area is 151 Å². The van der Waals surface area contributed by atoms with E-state index < -0.39 is 0 Å². The first-order valence-corrected chi connectivity index (χ1v) is 9.36. The zero-order valence-corrected chi connectivity index (χ0v) is 18.1. The third kappa shape index (κ3) is 5.92. The van der Waals surface area contributed by atoms with Crippen LogP contribution in [0.2, 0.25) is 0 Å². The maximum absolute atomic E-state index is 6.42. The van der Waals surface area contributed by atoms with Gasteiger partial charge in [-0.25, -0.2) is 0 Å². The molecule has 0 aliphatic heterocycles. The molecule has 24 heavy (non-hydrogen) atoms. The third-order valence-corrected chi connectivity index (χ3v) is 4.87. The van der Waals surface area contributed by atoms with E-state index in [1.54, 1.807) is 0 Å². The molecule has 1 atom stereocenters. The van der Waals surface area contributed by atoms with E-state index in [9.17, 15) is 0 Å². The van der Waals surface area contributed by atoms with Crippen LogP contribution in [0.1, 0.15) is 105 Å². The predicted molar refractivity (Wildman–Crippen MR) is 109 cm³/mol. The normalized spacial score (nSPS) is 15.5. The molecule has 0 spiro atoms. The van der Waals surface area contributed by atoms with Gasteiger partial charge >= 0.3 is 0 Å². The average molecular weight is 332 g/mol. The lowest BCUT2D eigenvalue weighted by atomic mass is 9.69. The summed E-state index contributed by atoms with van der Waals surface area (Å²) in [5.74, 6) is 0.445. The fourth-order valence-electron chi connectivity index (χ4n) is 3.17. The van der Waals surface area contributed by atoms with Gasteiger partial charge < -0.3 is 5.73 Å². The summed E-state index contributed by atoms with van der Waals surface area (Å²) < 4.78 is 0. The predicted octanol–water partition coefficient (Wildman–Crippen LogP) is 6.54. The Morgan fingerprint density at radius 3 is 1.33 bits per heavy atom. The highest BCUT2D eigenvalue weighted by atomic mass is 14.7. The maximum Gasteiger partial charge on any atom is 0.0103 e. The van der Waals surface area contributed by atoms with Gasteiger partial charge in [0.15, 0.2) is 0 Å². The molecular weight excluding hydrogens is 290 g/mol. The molecule has 2 N–H and O–H groups in total. The van der Waals surface area contributed by atoms with Crippen LogP contribution in [0.25, 0.3) is 0 Å². The Morgan fingerprint density at radius 1 is 0.708 bits per heavy atom. The summed E-state index contributed by atoms with van der Waals surface area (Å²) in [4.78, 5) is 0. The first-order chi connectivity index (χ1) is 10.4. The molecule has 0 saturated heterocycles. The summed E-state index contributed by atoms with van der Waals surface area (Å²) in [5.41, 5.74) is 11.0. The van der Waals surface area contributed by atoms with Gasteiger partial charge in [-0.1, -0.05) is 80.5 Å². The molecular formula is C23H41N. The van der Waals surface area contributed by atoms with Crippen LogP contribution in [0.15, 0.2) is 18.2 Å². The lowest BCUT2D eigenvalue weighted by Crippen LogP contribution is -2.37. The third-order valence-electron chi connectivity index (χ3n) is 4.87. The Balaban J connectivity index is 3.58. The Kier molecular flexibility index (Phi) is 5.73. The lowest BCUT2D eigenvalue weighted by molar-refractivity contribution is 0.262. The Bertz CT molecular complexity index is 521. The molecule has 0 radical (unpaired) electrons. The van der Waals surface area contributed by atoms with E-state index >= 15 is 0 Å². The molecule has 0 amide bonds. The summed E-state index contributed by atoms with van der Waals surface area (Å²) >= 11 is 0. The molecule has 138 valence electrons. The molecule has 1 unspecified atom stereocenters. The van der Waals surface area contributed by atoms with Crippen molar-refractivity contribution in [3.05, 3.63) is 34.9 Å². The molecule has 1 rings (SSSR count). The van der Waals surface area contributed by atoms with Gasteiger partial charge in [0.2, 0.25) is 0 Å². The first-order valence-electron chi connectivity index (χ1n) is 9.36. The fourth-order valence-corrected chi connectivity index (χ4v) is 3.17. The summed E-state index contributed by atoms with van der Waals surface area (Å²) in [7, 11) is 0. The van der Waals surface area contributed by atoms with Crippen molar-refractivity contribution in [1.29, 1.82) is 0 Å². The fraction of sp³-hybridized carbons (Fsp3) is 0.739. The molecule has 1 heteroatoms. The number of nitrogens with two attached hydrogens (primary N) is 1. The van der Waals surface area contributed by atoms with Gasteiger partial charge in [0, 0.05) is 5.54 Å². The standard InChI is InChI=1S/C23H41N/c1-20(2,3)17-12-16(13-18(14-17)21(4,5)6)19(22(7,8)9)15-23(10,11)24/h12-14,19H,15,24H2,1-11H3. The highest BCUT2D eigenvalue weighted by molar-refractivity contribution is 5.39. The van der Waals surface area contributed by atoms with Crippen LogP contribution >= 0.6 is 0 Å². The summed E-state index contributed by atoms with van der Waals surface area (Å²) in [6.07, 6.45) is 0.994. The molecule has 0 aromatic heterocycles. The minimum absolute atomic E-state index is 0.149. The van der Waals surface area contributed by atoms with Crippen molar-refractivity contribution >= 4 is 0 Å². The quantitative estimate of drug-likeness (QED) is 0.668. The van der Waals surface area contributed by atoms with Crippen LogP contribution in [0.4, 0.5) is 0 Å². The van der Waals surface area contributed by atoms with Crippen molar-refractivity contribution in [3.8, 4) is 0 Å². The van der Waals surface area contributed by atoms with Gasteiger partial charge in [0.1, 0.15) is 0 Å². The van der Waals surface area contributed by atoms with Gasteiger partial charge in [-0.05, 0) is 59.1 Å². The van der Waals surface area contributed by atoms with E-state index in [0.29, 0.717) is 5.92 Å². The second kappa shape index (κ2) is 6.48. The van der Waals surface area contributed by atoms with E-state index in [2.05, 4.69) is 94.4 Å². The van der Waals surface area contributed by atoms with Gasteiger partial charge in [-0.3, -0.25) is 0 Å². The number of hydrogen-bond acceptors (Lipinski definition) is 1. The molecule has 1 nitrogen and oxygen atoms in total. The molecule has 0 saturated carbocycles. The van der Waals surface area contributed by atoms with E-state index in [-0.39, 0.29) is 21.8 Å². The minimum Gasteiger partial charge on any atom is -0.326 e. The zero-order valence-electron chi connectivity index (χ0n) is 18.1. The van der Waals surface area contributed by atoms with Crippen LogP contribution < -0.4 is 5.73 Å².